The zero-order chi connectivity index (χ0) is 15.1. The van der Waals surface area contributed by atoms with Crippen LogP contribution in [0.4, 0.5) is 5.69 Å². The normalized spacial score (nSPS) is 12.5. The summed E-state index contributed by atoms with van der Waals surface area (Å²) in [6.45, 7) is 0.369. The van der Waals surface area contributed by atoms with Gasteiger partial charge in [0.1, 0.15) is 0 Å². The Morgan fingerprint density at radius 3 is 2.86 bits per heavy atom. The van der Waals surface area contributed by atoms with E-state index in [-0.39, 0.29) is 17.6 Å². The first-order valence-electron chi connectivity index (χ1n) is 6.92. The zero-order valence-corrected chi connectivity index (χ0v) is 11.6. The van der Waals surface area contributed by atoms with Crippen LogP contribution >= 0.6 is 0 Å². The van der Waals surface area contributed by atoms with Crippen molar-refractivity contribution in [1.82, 2.24) is 5.32 Å². The van der Waals surface area contributed by atoms with Crippen LogP contribution in [-0.4, -0.2) is 11.8 Å². The number of carbonyl (C=O) groups is 2. The predicted molar refractivity (Wildman–Crippen MR) is 81.8 cm³/mol. The van der Waals surface area contributed by atoms with Crippen LogP contribution in [0.5, 0.6) is 0 Å². The molecule has 4 rings (SSSR count). The lowest BCUT2D eigenvalue weighted by molar-refractivity contribution is 0.0923. The van der Waals surface area contributed by atoms with Gasteiger partial charge in [0.05, 0.1) is 6.26 Å². The molecule has 2 amide bonds. The molecule has 5 nitrogen and oxygen atoms in total. The molecule has 0 unspecified atom stereocenters. The topological polar surface area (TPSA) is 71.3 Å². The number of benzene rings is 2. The second-order valence-corrected chi connectivity index (χ2v) is 5.11. The fraction of sp³-hybridized carbons (Fsp3) is 0.0588. The van der Waals surface area contributed by atoms with Crippen molar-refractivity contribution in [3.05, 3.63) is 65.6 Å². The number of anilines is 1. The van der Waals surface area contributed by atoms with Gasteiger partial charge in [0.2, 0.25) is 0 Å². The molecule has 3 aromatic rings. The van der Waals surface area contributed by atoms with E-state index in [1.807, 2.05) is 24.3 Å². The minimum absolute atomic E-state index is 0.0858. The van der Waals surface area contributed by atoms with Crippen LogP contribution in [-0.2, 0) is 6.54 Å². The van der Waals surface area contributed by atoms with E-state index in [9.17, 15) is 9.59 Å². The molecular weight excluding hydrogens is 280 g/mol. The van der Waals surface area contributed by atoms with E-state index in [1.165, 1.54) is 6.26 Å². The molecule has 0 saturated carbocycles. The van der Waals surface area contributed by atoms with Crippen molar-refractivity contribution in [3.8, 4) is 0 Å². The molecule has 0 aliphatic carbocycles. The van der Waals surface area contributed by atoms with Gasteiger partial charge in [-0.2, -0.15) is 0 Å². The third-order valence-corrected chi connectivity index (χ3v) is 3.81. The Morgan fingerprint density at radius 2 is 2.05 bits per heavy atom. The molecule has 22 heavy (non-hydrogen) atoms. The van der Waals surface area contributed by atoms with Gasteiger partial charge in [-0.25, -0.2) is 0 Å². The van der Waals surface area contributed by atoms with Gasteiger partial charge >= 0.3 is 0 Å². The van der Waals surface area contributed by atoms with E-state index >= 15 is 0 Å². The molecule has 1 aliphatic heterocycles. The Balaban J connectivity index is 1.68. The average Bonchev–Trinajstić information content (AvgIpc) is 3.17. The van der Waals surface area contributed by atoms with Crippen LogP contribution in [0.1, 0.15) is 26.5 Å². The van der Waals surface area contributed by atoms with Gasteiger partial charge in [-0.3, -0.25) is 9.59 Å². The summed E-state index contributed by atoms with van der Waals surface area (Å²) in [5, 5.41) is 7.55. The summed E-state index contributed by atoms with van der Waals surface area (Å²) in [6, 6.07) is 12.7. The van der Waals surface area contributed by atoms with Crippen LogP contribution in [0.3, 0.4) is 0 Å². The minimum Gasteiger partial charge on any atom is -0.459 e. The number of hydrogen-bond acceptors (Lipinski definition) is 3. The molecule has 0 atom stereocenters. The highest BCUT2D eigenvalue weighted by Crippen LogP contribution is 2.34. The van der Waals surface area contributed by atoms with E-state index < -0.39 is 0 Å². The quantitative estimate of drug-likeness (QED) is 0.779. The van der Waals surface area contributed by atoms with Crippen LogP contribution < -0.4 is 10.6 Å². The minimum atomic E-state index is -0.262. The molecule has 0 fully saturated rings. The number of carbonyl (C=O) groups excluding carboxylic acids is 2. The van der Waals surface area contributed by atoms with Gasteiger partial charge in [0.25, 0.3) is 11.8 Å². The summed E-state index contributed by atoms with van der Waals surface area (Å²) in [6.07, 6.45) is 1.46. The van der Waals surface area contributed by atoms with Crippen molar-refractivity contribution in [2.45, 2.75) is 6.54 Å². The third kappa shape index (κ3) is 1.87. The smallest absolute Gasteiger partial charge is 0.287 e. The highest BCUT2D eigenvalue weighted by atomic mass is 16.3. The summed E-state index contributed by atoms with van der Waals surface area (Å²) in [5.41, 5.74) is 2.44. The Kier molecular flexibility index (Phi) is 2.72. The molecule has 1 aromatic heterocycles. The molecule has 2 N–H and O–H groups in total. The van der Waals surface area contributed by atoms with Gasteiger partial charge in [0.15, 0.2) is 5.76 Å². The summed E-state index contributed by atoms with van der Waals surface area (Å²) in [4.78, 5) is 23.8. The summed E-state index contributed by atoms with van der Waals surface area (Å²) in [5.74, 6) is -0.0670. The molecule has 2 aromatic carbocycles. The molecule has 0 spiro atoms. The van der Waals surface area contributed by atoms with Crippen LogP contribution in [0.25, 0.3) is 10.8 Å². The van der Waals surface area contributed by atoms with Crippen LogP contribution in [0, 0.1) is 0 Å². The lowest BCUT2D eigenvalue weighted by Crippen LogP contribution is -2.22. The summed E-state index contributed by atoms with van der Waals surface area (Å²) < 4.78 is 5.07. The first-order chi connectivity index (χ1) is 10.7. The second-order valence-electron chi connectivity index (χ2n) is 5.11. The number of amides is 2. The van der Waals surface area contributed by atoms with Crippen molar-refractivity contribution in [2.24, 2.45) is 0 Å². The zero-order valence-electron chi connectivity index (χ0n) is 11.6. The lowest BCUT2D eigenvalue weighted by Gasteiger charge is -2.08. The molecule has 5 heteroatoms. The third-order valence-electron chi connectivity index (χ3n) is 3.81. The maximum atomic E-state index is 11.9. The van der Waals surface area contributed by atoms with Crippen molar-refractivity contribution in [2.75, 3.05) is 5.32 Å². The van der Waals surface area contributed by atoms with Gasteiger partial charge in [-0.1, -0.05) is 18.2 Å². The van der Waals surface area contributed by atoms with Crippen LogP contribution in [0.15, 0.2) is 53.1 Å². The molecule has 2 heterocycles. The average molecular weight is 292 g/mol. The fourth-order valence-electron chi connectivity index (χ4n) is 2.77. The highest BCUT2D eigenvalue weighted by molar-refractivity contribution is 6.24. The van der Waals surface area contributed by atoms with E-state index in [0.29, 0.717) is 12.1 Å². The van der Waals surface area contributed by atoms with Gasteiger partial charge in [0, 0.05) is 23.2 Å². The van der Waals surface area contributed by atoms with E-state index in [0.717, 1.165) is 22.0 Å². The highest BCUT2D eigenvalue weighted by Gasteiger charge is 2.22. The number of rotatable bonds is 3. The first kappa shape index (κ1) is 12.6. The van der Waals surface area contributed by atoms with Gasteiger partial charge < -0.3 is 15.1 Å². The van der Waals surface area contributed by atoms with E-state index in [4.69, 9.17) is 4.42 Å². The molecule has 1 aliphatic rings. The maximum Gasteiger partial charge on any atom is 0.287 e. The lowest BCUT2D eigenvalue weighted by atomic mass is 10.0. The summed E-state index contributed by atoms with van der Waals surface area (Å²) in [7, 11) is 0. The van der Waals surface area contributed by atoms with Crippen molar-refractivity contribution in [3.63, 3.8) is 0 Å². The SMILES string of the molecule is O=C(NCc1ccc2c3c(cccc13)C(=O)N2)c1ccco1. The first-order valence-corrected chi connectivity index (χ1v) is 6.92. The molecule has 0 radical (unpaired) electrons. The monoisotopic (exact) mass is 292 g/mol. The Hall–Kier alpha value is -3.08. The summed E-state index contributed by atoms with van der Waals surface area (Å²) >= 11 is 0. The number of furan rings is 1. The van der Waals surface area contributed by atoms with Crippen LogP contribution in [0.2, 0.25) is 0 Å². The largest absolute Gasteiger partial charge is 0.459 e. The van der Waals surface area contributed by atoms with Gasteiger partial charge in [-0.15, -0.1) is 0 Å². The second kappa shape index (κ2) is 4.73. The molecule has 108 valence electrons. The Morgan fingerprint density at radius 1 is 1.14 bits per heavy atom. The molecule has 0 saturated heterocycles. The fourth-order valence-corrected chi connectivity index (χ4v) is 2.77. The Labute approximate surface area is 125 Å². The number of nitrogens with one attached hydrogen (secondary N) is 2. The van der Waals surface area contributed by atoms with Crippen molar-refractivity contribution >= 4 is 28.3 Å². The number of hydrogen-bond donors (Lipinski definition) is 2. The van der Waals surface area contributed by atoms with Crippen molar-refractivity contribution < 1.29 is 14.0 Å². The molecular formula is C17H12N2O3. The maximum absolute atomic E-state index is 11.9. The van der Waals surface area contributed by atoms with E-state index in [1.54, 1.807) is 18.2 Å². The molecule has 0 bridgehead atoms. The van der Waals surface area contributed by atoms with Gasteiger partial charge in [-0.05, 0) is 35.2 Å². The Bertz CT molecular complexity index is 898. The van der Waals surface area contributed by atoms with E-state index in [2.05, 4.69) is 10.6 Å². The predicted octanol–water partition coefficient (Wildman–Crippen LogP) is 2.93. The van der Waals surface area contributed by atoms with Crippen molar-refractivity contribution in [1.29, 1.82) is 0 Å². The standard InChI is InChI=1S/C17H12N2O3/c20-16-12-4-1-3-11-10(6-7-13(19-16)15(11)12)9-18-17(21)14-5-2-8-22-14/h1-8H,9H2,(H,18,21)(H,19,20).